The van der Waals surface area contributed by atoms with Crippen molar-refractivity contribution in [1.29, 1.82) is 0 Å². The first-order valence-corrected chi connectivity index (χ1v) is 4.96. The maximum atomic E-state index is 3.73. The maximum absolute atomic E-state index is 3.73. The van der Waals surface area contributed by atoms with Gasteiger partial charge >= 0.3 is 0 Å². The highest BCUT2D eigenvalue weighted by atomic mass is 15.2. The van der Waals surface area contributed by atoms with Crippen LogP contribution in [0.4, 0.5) is 0 Å². The van der Waals surface area contributed by atoms with Crippen LogP contribution in [0, 0.1) is 0 Å². The summed E-state index contributed by atoms with van der Waals surface area (Å²) < 4.78 is 0. The minimum atomic E-state index is 0.662. The van der Waals surface area contributed by atoms with E-state index in [4.69, 9.17) is 0 Å². The van der Waals surface area contributed by atoms with E-state index in [9.17, 15) is 0 Å². The third-order valence-corrected chi connectivity index (χ3v) is 2.15. The number of hydrogen-bond acceptors (Lipinski definition) is 1. The first-order chi connectivity index (χ1) is 5.59. The Labute approximate surface area is 77.5 Å². The number of unbranched alkanes of at least 4 members (excludes halogenated alkanes) is 1. The smallest absolute Gasteiger partial charge is 0.00412 e. The van der Waals surface area contributed by atoms with E-state index in [1.54, 1.807) is 0 Å². The molecule has 0 aliphatic rings. The summed E-state index contributed by atoms with van der Waals surface area (Å²) in [6, 6.07) is 1.32. The van der Waals surface area contributed by atoms with Gasteiger partial charge in [-0.3, -0.25) is 4.90 Å². The van der Waals surface area contributed by atoms with E-state index in [0.717, 1.165) is 6.42 Å². The highest BCUT2D eigenvalue weighted by Crippen LogP contribution is 2.06. The van der Waals surface area contributed by atoms with Crippen molar-refractivity contribution in [3.63, 3.8) is 0 Å². The van der Waals surface area contributed by atoms with Crippen molar-refractivity contribution in [2.75, 3.05) is 6.54 Å². The van der Waals surface area contributed by atoms with Crippen LogP contribution in [0.25, 0.3) is 0 Å². The van der Waals surface area contributed by atoms with E-state index in [2.05, 4.69) is 39.2 Å². The molecule has 0 aromatic carbocycles. The third-order valence-electron chi connectivity index (χ3n) is 2.15. The van der Waals surface area contributed by atoms with Gasteiger partial charge in [0.25, 0.3) is 0 Å². The highest BCUT2D eigenvalue weighted by molar-refractivity contribution is 4.71. The molecule has 0 saturated carbocycles. The first-order valence-electron chi connectivity index (χ1n) is 4.96. The second-order valence-electron chi connectivity index (χ2n) is 3.86. The molecular formula is C11H23N. The van der Waals surface area contributed by atoms with E-state index >= 15 is 0 Å². The van der Waals surface area contributed by atoms with Gasteiger partial charge in [0.1, 0.15) is 0 Å². The van der Waals surface area contributed by atoms with Gasteiger partial charge < -0.3 is 0 Å². The molecule has 0 bridgehead atoms. The average molecular weight is 169 g/mol. The zero-order valence-corrected chi connectivity index (χ0v) is 9.01. The van der Waals surface area contributed by atoms with Crippen LogP contribution in [-0.2, 0) is 0 Å². The van der Waals surface area contributed by atoms with E-state index in [0.29, 0.717) is 12.1 Å². The Morgan fingerprint density at radius 3 is 2.00 bits per heavy atom. The van der Waals surface area contributed by atoms with Gasteiger partial charge in [-0.25, -0.2) is 0 Å². The Balaban J connectivity index is 3.71. The molecule has 0 radical (unpaired) electrons. The Kier molecular flexibility index (Phi) is 6.09. The maximum Gasteiger partial charge on any atom is 0.00412 e. The molecular weight excluding hydrogens is 146 g/mol. The van der Waals surface area contributed by atoms with Gasteiger partial charge in [0, 0.05) is 12.1 Å². The van der Waals surface area contributed by atoms with Crippen LogP contribution < -0.4 is 0 Å². The van der Waals surface area contributed by atoms with Crippen LogP contribution in [0.15, 0.2) is 12.7 Å². The molecule has 0 heterocycles. The summed E-state index contributed by atoms with van der Waals surface area (Å²) in [5.41, 5.74) is 0. The molecule has 0 atom stereocenters. The molecule has 0 saturated heterocycles. The van der Waals surface area contributed by atoms with Gasteiger partial charge in [0.15, 0.2) is 0 Å². The zero-order chi connectivity index (χ0) is 9.56. The van der Waals surface area contributed by atoms with Crippen molar-refractivity contribution in [3.05, 3.63) is 12.7 Å². The lowest BCUT2D eigenvalue weighted by atomic mass is 10.2. The number of hydrogen-bond donors (Lipinski definition) is 0. The number of rotatable bonds is 6. The van der Waals surface area contributed by atoms with E-state index in [1.807, 2.05) is 6.08 Å². The third kappa shape index (κ3) is 4.55. The minimum Gasteiger partial charge on any atom is -0.299 e. The fraction of sp³-hybridized carbons (Fsp3) is 0.818. The van der Waals surface area contributed by atoms with Crippen LogP contribution in [0.5, 0.6) is 0 Å². The van der Waals surface area contributed by atoms with Crippen LogP contribution in [-0.4, -0.2) is 23.5 Å². The van der Waals surface area contributed by atoms with Gasteiger partial charge in [-0.1, -0.05) is 6.08 Å². The Morgan fingerprint density at radius 1 is 1.17 bits per heavy atom. The molecule has 72 valence electrons. The predicted octanol–water partition coefficient (Wildman–Crippen LogP) is 3.07. The van der Waals surface area contributed by atoms with Crippen molar-refractivity contribution < 1.29 is 0 Å². The molecule has 0 aliphatic heterocycles. The van der Waals surface area contributed by atoms with Crippen molar-refractivity contribution in [1.82, 2.24) is 4.90 Å². The fourth-order valence-corrected chi connectivity index (χ4v) is 1.53. The molecule has 0 N–H and O–H groups in total. The van der Waals surface area contributed by atoms with Gasteiger partial charge in [-0.2, -0.15) is 0 Å². The summed E-state index contributed by atoms with van der Waals surface area (Å²) in [5.74, 6) is 0. The Morgan fingerprint density at radius 2 is 1.67 bits per heavy atom. The van der Waals surface area contributed by atoms with Gasteiger partial charge in [-0.05, 0) is 47.1 Å². The minimum absolute atomic E-state index is 0.662. The second-order valence-corrected chi connectivity index (χ2v) is 3.86. The number of nitrogens with zero attached hydrogens (tertiary/aromatic N) is 1. The molecule has 0 fully saturated rings. The molecule has 0 unspecified atom stereocenters. The molecule has 12 heavy (non-hydrogen) atoms. The molecule has 0 aromatic rings. The average Bonchev–Trinajstić information content (AvgIpc) is 1.96. The molecule has 1 heteroatoms. The quantitative estimate of drug-likeness (QED) is 0.436. The summed E-state index contributed by atoms with van der Waals surface area (Å²) >= 11 is 0. The van der Waals surface area contributed by atoms with Gasteiger partial charge in [0.2, 0.25) is 0 Å². The van der Waals surface area contributed by atoms with Crippen molar-refractivity contribution in [2.24, 2.45) is 0 Å². The van der Waals surface area contributed by atoms with E-state index in [-0.39, 0.29) is 0 Å². The predicted molar refractivity (Wildman–Crippen MR) is 56.4 cm³/mol. The van der Waals surface area contributed by atoms with Crippen molar-refractivity contribution in [2.45, 2.75) is 52.6 Å². The molecule has 0 aromatic heterocycles. The Hall–Kier alpha value is -0.300. The van der Waals surface area contributed by atoms with Crippen LogP contribution >= 0.6 is 0 Å². The lowest BCUT2D eigenvalue weighted by molar-refractivity contribution is 0.173. The second kappa shape index (κ2) is 6.24. The van der Waals surface area contributed by atoms with Gasteiger partial charge in [0.05, 0.1) is 0 Å². The monoisotopic (exact) mass is 169 g/mol. The fourth-order valence-electron chi connectivity index (χ4n) is 1.53. The lowest BCUT2D eigenvalue weighted by Gasteiger charge is -2.30. The summed E-state index contributed by atoms with van der Waals surface area (Å²) in [6.07, 6.45) is 4.37. The zero-order valence-electron chi connectivity index (χ0n) is 9.01. The standard InChI is InChI=1S/C11H23N/c1-6-7-8-9-12(10(2)3)11(4)5/h6,10-11H,1,7-9H2,2-5H3. The summed E-state index contributed by atoms with van der Waals surface area (Å²) in [4.78, 5) is 2.52. The molecule has 0 rings (SSSR count). The normalized spacial score (nSPS) is 11.6. The molecule has 0 aliphatic carbocycles. The van der Waals surface area contributed by atoms with Crippen molar-refractivity contribution >= 4 is 0 Å². The van der Waals surface area contributed by atoms with E-state index < -0.39 is 0 Å². The lowest BCUT2D eigenvalue weighted by Crippen LogP contribution is -2.37. The first kappa shape index (κ1) is 11.7. The molecule has 1 nitrogen and oxygen atoms in total. The van der Waals surface area contributed by atoms with Crippen molar-refractivity contribution in [3.8, 4) is 0 Å². The van der Waals surface area contributed by atoms with Crippen LogP contribution in [0.2, 0.25) is 0 Å². The summed E-state index contributed by atoms with van der Waals surface area (Å²) in [6.45, 7) is 14.0. The molecule has 0 amide bonds. The Bertz CT molecular complexity index is 108. The SMILES string of the molecule is C=CCCCN(C(C)C)C(C)C. The van der Waals surface area contributed by atoms with Crippen LogP contribution in [0.1, 0.15) is 40.5 Å². The largest absolute Gasteiger partial charge is 0.299 e. The van der Waals surface area contributed by atoms with E-state index in [1.165, 1.54) is 13.0 Å². The topological polar surface area (TPSA) is 3.24 Å². The van der Waals surface area contributed by atoms with Crippen LogP contribution in [0.3, 0.4) is 0 Å². The summed E-state index contributed by atoms with van der Waals surface area (Å²) in [7, 11) is 0. The molecule has 0 spiro atoms. The van der Waals surface area contributed by atoms with Gasteiger partial charge in [-0.15, -0.1) is 6.58 Å². The highest BCUT2D eigenvalue weighted by Gasteiger charge is 2.11. The number of allylic oxidation sites excluding steroid dienone is 1. The summed E-state index contributed by atoms with van der Waals surface area (Å²) in [5, 5.41) is 0.